The smallest absolute Gasteiger partial charge is 0.157 e. The van der Waals surface area contributed by atoms with Crippen LogP contribution in [0.5, 0.6) is 0 Å². The molecule has 6 heteroatoms. The number of thioether (sulfide) groups is 1. The first kappa shape index (κ1) is 21.2. The fraction of sp³-hybridized carbons (Fsp3) is 0.808. The molecule has 0 aromatic carbocycles. The van der Waals surface area contributed by atoms with Crippen LogP contribution in [0.15, 0.2) is 12.4 Å². The van der Waals surface area contributed by atoms with Gasteiger partial charge in [0, 0.05) is 17.4 Å². The Hall–Kier alpha value is -1.32. The Bertz CT molecular complexity index is 971. The summed E-state index contributed by atoms with van der Waals surface area (Å²) in [5, 5.41) is 24.6. The minimum Gasteiger partial charge on any atom is -0.390 e. The third kappa shape index (κ3) is 2.99. The van der Waals surface area contributed by atoms with Gasteiger partial charge in [0.1, 0.15) is 6.07 Å². The zero-order valence-electron chi connectivity index (χ0n) is 19.2. The Morgan fingerprint density at radius 3 is 2.75 bits per heavy atom. The van der Waals surface area contributed by atoms with Crippen molar-refractivity contribution in [2.75, 3.05) is 6.26 Å². The van der Waals surface area contributed by atoms with Crippen LogP contribution in [0, 0.1) is 58.2 Å². The van der Waals surface area contributed by atoms with Gasteiger partial charge >= 0.3 is 0 Å². The molecule has 1 aromatic heterocycles. The molecule has 0 amide bonds. The van der Waals surface area contributed by atoms with Gasteiger partial charge in [0.2, 0.25) is 0 Å². The molecular weight excluding hydrogens is 418 g/mol. The van der Waals surface area contributed by atoms with Crippen molar-refractivity contribution in [2.45, 2.75) is 75.7 Å². The molecule has 2 unspecified atom stereocenters. The average molecular weight is 454 g/mol. The van der Waals surface area contributed by atoms with Crippen molar-refractivity contribution in [3.63, 3.8) is 0 Å². The zero-order valence-corrected chi connectivity index (χ0v) is 20.1. The maximum Gasteiger partial charge on any atom is 0.157 e. The van der Waals surface area contributed by atoms with Crippen LogP contribution in [0.1, 0.15) is 63.9 Å². The van der Waals surface area contributed by atoms with E-state index in [2.05, 4.69) is 24.3 Å². The minimum atomic E-state index is -0.304. The van der Waals surface area contributed by atoms with Gasteiger partial charge in [-0.2, -0.15) is 22.1 Å². The van der Waals surface area contributed by atoms with Gasteiger partial charge in [-0.25, -0.2) is 0 Å². The van der Waals surface area contributed by atoms with E-state index in [-0.39, 0.29) is 23.5 Å². The lowest BCUT2D eigenvalue weighted by Gasteiger charge is -2.56. The van der Waals surface area contributed by atoms with Gasteiger partial charge in [0.15, 0.2) is 5.78 Å². The van der Waals surface area contributed by atoms with Gasteiger partial charge in [0.25, 0.3) is 0 Å². The minimum absolute atomic E-state index is 0.0823. The molecule has 1 aromatic rings. The van der Waals surface area contributed by atoms with Crippen molar-refractivity contribution in [2.24, 2.45) is 46.8 Å². The number of nitriles is 1. The largest absolute Gasteiger partial charge is 0.390 e. The van der Waals surface area contributed by atoms with E-state index in [9.17, 15) is 9.90 Å². The number of rotatable bonds is 4. The second-order valence-electron chi connectivity index (χ2n) is 11.8. The maximum atomic E-state index is 13.5. The van der Waals surface area contributed by atoms with Gasteiger partial charge in [-0.05, 0) is 98.5 Å². The van der Waals surface area contributed by atoms with E-state index in [0.29, 0.717) is 28.4 Å². The van der Waals surface area contributed by atoms with Crippen LogP contribution in [-0.4, -0.2) is 37.8 Å². The van der Waals surface area contributed by atoms with E-state index in [4.69, 9.17) is 5.26 Å². The highest BCUT2D eigenvalue weighted by Crippen LogP contribution is 2.69. The molecule has 1 heterocycles. The lowest BCUT2D eigenvalue weighted by Crippen LogP contribution is -2.51. The van der Waals surface area contributed by atoms with Crippen LogP contribution in [0.4, 0.5) is 0 Å². The third-order valence-corrected chi connectivity index (χ3v) is 11.8. The molecule has 0 radical (unpaired) electrons. The Morgan fingerprint density at radius 1 is 1.25 bits per heavy atom. The Kier molecular flexibility index (Phi) is 4.87. The maximum absolute atomic E-state index is 13.5. The molecule has 1 N–H and O–H groups in total. The number of Topliss-reactive ketones (excluding diaryl/α,β-unsaturated/α-hetero) is 1. The summed E-state index contributed by atoms with van der Waals surface area (Å²) >= 11 is 1.99. The molecule has 5 nitrogen and oxygen atoms in total. The quantitative estimate of drug-likeness (QED) is 0.735. The second kappa shape index (κ2) is 7.34. The van der Waals surface area contributed by atoms with E-state index >= 15 is 0 Å². The van der Waals surface area contributed by atoms with Crippen molar-refractivity contribution in [1.29, 1.82) is 5.26 Å². The fourth-order valence-corrected chi connectivity index (χ4v) is 10.4. The predicted octanol–water partition coefficient (Wildman–Crippen LogP) is 4.30. The van der Waals surface area contributed by atoms with E-state index in [0.717, 1.165) is 49.4 Å². The number of carbonyl (C=O) groups excluding carboxylic acids is 1. The molecular formula is C26H35N3O2S. The normalized spacial score (nSPS) is 48.7. The number of nitrogens with zero attached hydrogens (tertiary/aromatic N) is 3. The number of ketones is 1. The molecule has 0 aliphatic heterocycles. The Morgan fingerprint density at radius 2 is 2.00 bits per heavy atom. The Labute approximate surface area is 195 Å². The first-order chi connectivity index (χ1) is 15.4. The van der Waals surface area contributed by atoms with Crippen LogP contribution in [0.2, 0.25) is 0 Å². The summed E-state index contributed by atoms with van der Waals surface area (Å²) in [6, 6.07) is 2.11. The molecule has 0 spiro atoms. The summed E-state index contributed by atoms with van der Waals surface area (Å²) < 4.78 is 1.65. The number of aliphatic hydroxyl groups is 1. The number of hydrogen-bond donors (Lipinski definition) is 1. The molecule has 172 valence electrons. The first-order valence-corrected chi connectivity index (χ1v) is 13.9. The monoisotopic (exact) mass is 453 g/mol. The molecule has 5 aliphatic rings. The first-order valence-electron chi connectivity index (χ1n) is 12.6. The summed E-state index contributed by atoms with van der Waals surface area (Å²) in [6.07, 6.45) is 14.8. The van der Waals surface area contributed by atoms with Crippen molar-refractivity contribution in [1.82, 2.24) is 9.78 Å². The number of carbonyl (C=O) groups is 1. The highest BCUT2D eigenvalue weighted by Gasteiger charge is 2.66. The number of aromatic nitrogens is 2. The van der Waals surface area contributed by atoms with Crippen LogP contribution in [-0.2, 0) is 11.3 Å². The fourth-order valence-electron chi connectivity index (χ4n) is 9.23. The average Bonchev–Trinajstić information content (AvgIpc) is 3.13. The zero-order chi connectivity index (χ0) is 22.3. The highest BCUT2D eigenvalue weighted by molar-refractivity contribution is 7.99. The topological polar surface area (TPSA) is 78.9 Å². The SMILES string of the molecule is CSC1C[C@H](C(=O)Cn2cc(C#N)cn2)[C@@]2(C)CC[C@@H]3[C@H]4CC[C@]5(O)CC5[C@H]4CC[C@H]3[C@H]12. The van der Waals surface area contributed by atoms with Crippen LogP contribution >= 0.6 is 11.8 Å². The van der Waals surface area contributed by atoms with Crippen molar-refractivity contribution >= 4 is 17.5 Å². The van der Waals surface area contributed by atoms with E-state index in [1.165, 1.54) is 25.7 Å². The summed E-state index contributed by atoms with van der Waals surface area (Å²) in [7, 11) is 0. The summed E-state index contributed by atoms with van der Waals surface area (Å²) in [6.45, 7) is 2.71. The summed E-state index contributed by atoms with van der Waals surface area (Å²) in [5.74, 6) is 4.69. The third-order valence-electron chi connectivity index (χ3n) is 10.7. The van der Waals surface area contributed by atoms with Gasteiger partial charge in [-0.15, -0.1) is 0 Å². The molecule has 5 aliphatic carbocycles. The molecule has 10 atom stereocenters. The lowest BCUT2D eigenvalue weighted by atomic mass is 9.49. The molecule has 5 saturated carbocycles. The highest BCUT2D eigenvalue weighted by atomic mass is 32.2. The predicted molar refractivity (Wildman–Crippen MR) is 124 cm³/mol. The van der Waals surface area contributed by atoms with Gasteiger partial charge in [-0.1, -0.05) is 6.92 Å². The second-order valence-corrected chi connectivity index (χ2v) is 12.9. The van der Waals surface area contributed by atoms with Crippen LogP contribution < -0.4 is 0 Å². The lowest BCUT2D eigenvalue weighted by molar-refractivity contribution is -0.131. The van der Waals surface area contributed by atoms with Gasteiger partial charge in [-0.3, -0.25) is 9.48 Å². The van der Waals surface area contributed by atoms with Gasteiger partial charge < -0.3 is 5.11 Å². The number of fused-ring (bicyclic) bond motifs is 7. The van der Waals surface area contributed by atoms with Crippen molar-refractivity contribution in [3.8, 4) is 6.07 Å². The van der Waals surface area contributed by atoms with Crippen LogP contribution in [0.3, 0.4) is 0 Å². The molecule has 5 fully saturated rings. The van der Waals surface area contributed by atoms with E-state index < -0.39 is 0 Å². The molecule has 32 heavy (non-hydrogen) atoms. The summed E-state index contributed by atoms with van der Waals surface area (Å²) in [5.41, 5.74) is 0.295. The van der Waals surface area contributed by atoms with E-state index in [1.54, 1.807) is 17.1 Å². The molecule has 6 rings (SSSR count). The molecule has 0 bridgehead atoms. The molecule has 0 saturated heterocycles. The van der Waals surface area contributed by atoms with E-state index in [1.807, 2.05) is 11.8 Å². The standard InChI is InChI=1S/C26H35N3O2S/c1-25-7-5-17-16-6-8-26(31)10-21(26)18(16)3-4-19(17)24(25)23(32-2)9-20(25)22(30)14-29-13-15(11-27)12-28-29/h12-13,16-21,23-24,31H,3-10,14H2,1-2H3/t16-,17-,18+,19-,20-,21?,23?,24-,25-,26+/m1/s1. The van der Waals surface area contributed by atoms with Gasteiger partial charge in [0.05, 0.1) is 23.9 Å². The van der Waals surface area contributed by atoms with Crippen LogP contribution in [0.25, 0.3) is 0 Å². The number of hydrogen-bond acceptors (Lipinski definition) is 5. The summed E-state index contributed by atoms with van der Waals surface area (Å²) in [4.78, 5) is 13.5. The van der Waals surface area contributed by atoms with Crippen molar-refractivity contribution < 1.29 is 9.90 Å². The van der Waals surface area contributed by atoms with Crippen molar-refractivity contribution in [3.05, 3.63) is 18.0 Å². The Balaban J connectivity index is 1.24.